The second kappa shape index (κ2) is 17.1. The normalized spacial score (nSPS) is 12.4. The van der Waals surface area contributed by atoms with Crippen LogP contribution in [0.5, 0.6) is 0 Å². The molecule has 332 valence electrons. The molecule has 2 nitrogen and oxygen atoms in total. The molecule has 70 heavy (non-hydrogen) atoms. The van der Waals surface area contributed by atoms with Crippen LogP contribution < -0.4 is 9.80 Å². The largest absolute Gasteiger partial charge is 0.310 e. The SMILES string of the molecule is Cc1ccc(N(c2ccc3ccccc3c2)c2ccc3c(-c4ccc5ccccc5c4)c4cc(N(c5ccc(C)cc5)c5ccc6ccccc6c5)ccc4c(C4=Cc5ccccc5CC4)c3c2)cc1. The molecule has 0 saturated carbocycles. The third kappa shape index (κ3) is 7.37. The van der Waals surface area contributed by atoms with E-state index in [1.54, 1.807) is 0 Å². The summed E-state index contributed by atoms with van der Waals surface area (Å²) in [5.41, 5.74) is 17.0. The summed E-state index contributed by atoms with van der Waals surface area (Å²) in [6.45, 7) is 4.32. The molecule has 0 aliphatic heterocycles. The summed E-state index contributed by atoms with van der Waals surface area (Å²) in [5.74, 6) is 0. The Bertz CT molecular complexity index is 4030. The number of allylic oxidation sites excluding steroid dienone is 1. The van der Waals surface area contributed by atoms with Crippen LogP contribution in [0.4, 0.5) is 34.1 Å². The Labute approximate surface area is 409 Å². The van der Waals surface area contributed by atoms with Gasteiger partial charge in [0, 0.05) is 34.1 Å². The fraction of sp³-hybridized carbons (Fsp3) is 0.0588. The van der Waals surface area contributed by atoms with Crippen molar-refractivity contribution in [1.82, 2.24) is 0 Å². The average molecular weight is 895 g/mol. The fourth-order valence-electron chi connectivity index (χ4n) is 11.0. The van der Waals surface area contributed by atoms with Crippen LogP contribution in [0.2, 0.25) is 0 Å². The summed E-state index contributed by atoms with van der Waals surface area (Å²) < 4.78 is 0. The van der Waals surface area contributed by atoms with Crippen LogP contribution >= 0.6 is 0 Å². The van der Waals surface area contributed by atoms with Gasteiger partial charge in [-0.05, 0) is 193 Å². The highest BCUT2D eigenvalue weighted by Gasteiger charge is 2.24. The highest BCUT2D eigenvalue weighted by Crippen LogP contribution is 2.49. The number of rotatable bonds is 8. The monoisotopic (exact) mass is 894 g/mol. The Balaban J connectivity index is 1.13. The molecule has 0 bridgehead atoms. The molecular weight excluding hydrogens is 845 g/mol. The summed E-state index contributed by atoms with van der Waals surface area (Å²) in [6, 6.07) is 88.1. The zero-order chi connectivity index (χ0) is 46.7. The Morgan fingerprint density at radius 1 is 0.300 bits per heavy atom. The zero-order valence-electron chi connectivity index (χ0n) is 39.4. The minimum atomic E-state index is 0.946. The van der Waals surface area contributed by atoms with Crippen molar-refractivity contribution < 1.29 is 0 Å². The number of fused-ring (bicyclic) bond motifs is 6. The second-order valence-electron chi connectivity index (χ2n) is 19.0. The first-order chi connectivity index (χ1) is 34.5. The first-order valence-electron chi connectivity index (χ1n) is 24.5. The lowest BCUT2D eigenvalue weighted by Gasteiger charge is -2.29. The molecule has 12 aromatic carbocycles. The molecule has 0 fully saturated rings. The molecule has 0 atom stereocenters. The summed E-state index contributed by atoms with van der Waals surface area (Å²) in [7, 11) is 0. The van der Waals surface area contributed by atoms with Crippen LogP contribution in [0.15, 0.2) is 237 Å². The lowest BCUT2D eigenvalue weighted by atomic mass is 9.81. The van der Waals surface area contributed by atoms with Crippen molar-refractivity contribution in [3.8, 4) is 11.1 Å². The van der Waals surface area contributed by atoms with Gasteiger partial charge in [-0.1, -0.05) is 175 Å². The summed E-state index contributed by atoms with van der Waals surface area (Å²) in [4.78, 5) is 4.87. The number of benzene rings is 12. The van der Waals surface area contributed by atoms with Gasteiger partial charge >= 0.3 is 0 Å². The van der Waals surface area contributed by atoms with E-state index in [4.69, 9.17) is 0 Å². The van der Waals surface area contributed by atoms with Crippen LogP contribution in [0, 0.1) is 13.8 Å². The van der Waals surface area contributed by atoms with Gasteiger partial charge in [0.1, 0.15) is 0 Å². The van der Waals surface area contributed by atoms with Gasteiger partial charge in [0.15, 0.2) is 0 Å². The lowest BCUT2D eigenvalue weighted by Crippen LogP contribution is -2.11. The first-order valence-corrected chi connectivity index (χ1v) is 24.5. The summed E-state index contributed by atoms with van der Waals surface area (Å²) in [5, 5.41) is 12.3. The van der Waals surface area contributed by atoms with Crippen molar-refractivity contribution in [3.05, 3.63) is 264 Å². The van der Waals surface area contributed by atoms with Crippen molar-refractivity contribution in [1.29, 1.82) is 0 Å². The molecule has 13 rings (SSSR count). The van der Waals surface area contributed by atoms with Crippen LogP contribution in [-0.4, -0.2) is 0 Å². The van der Waals surface area contributed by atoms with Crippen molar-refractivity contribution in [2.45, 2.75) is 26.7 Å². The van der Waals surface area contributed by atoms with E-state index in [2.05, 4.69) is 266 Å². The van der Waals surface area contributed by atoms with Gasteiger partial charge in [-0.2, -0.15) is 0 Å². The van der Waals surface area contributed by atoms with E-state index in [0.717, 1.165) is 47.0 Å². The van der Waals surface area contributed by atoms with E-state index in [1.807, 2.05) is 0 Å². The topological polar surface area (TPSA) is 6.48 Å². The Kier molecular flexibility index (Phi) is 10.1. The molecule has 2 heteroatoms. The first kappa shape index (κ1) is 41.5. The molecule has 0 spiro atoms. The second-order valence-corrected chi connectivity index (χ2v) is 19.0. The van der Waals surface area contributed by atoms with E-state index in [9.17, 15) is 0 Å². The van der Waals surface area contributed by atoms with Gasteiger partial charge in [-0.3, -0.25) is 0 Å². The molecule has 0 amide bonds. The van der Waals surface area contributed by atoms with Crippen molar-refractivity contribution in [2.75, 3.05) is 9.80 Å². The number of hydrogen-bond acceptors (Lipinski definition) is 2. The van der Waals surface area contributed by atoms with E-state index in [0.29, 0.717) is 0 Å². The Hall–Kier alpha value is -8.72. The van der Waals surface area contributed by atoms with Gasteiger partial charge in [0.05, 0.1) is 0 Å². The van der Waals surface area contributed by atoms with Crippen molar-refractivity contribution >= 4 is 99.6 Å². The minimum Gasteiger partial charge on any atom is -0.310 e. The molecule has 12 aromatic rings. The maximum Gasteiger partial charge on any atom is 0.0468 e. The number of anilines is 6. The third-order valence-corrected chi connectivity index (χ3v) is 14.6. The molecule has 0 unspecified atom stereocenters. The number of nitrogens with zero attached hydrogens (tertiary/aromatic N) is 2. The lowest BCUT2D eigenvalue weighted by molar-refractivity contribution is 1.00. The fourth-order valence-corrected chi connectivity index (χ4v) is 11.0. The Morgan fingerprint density at radius 2 is 0.714 bits per heavy atom. The summed E-state index contributed by atoms with van der Waals surface area (Å²) >= 11 is 0. The Morgan fingerprint density at radius 3 is 1.27 bits per heavy atom. The van der Waals surface area contributed by atoms with Crippen LogP contribution in [0.1, 0.15) is 34.2 Å². The molecule has 0 N–H and O–H groups in total. The van der Waals surface area contributed by atoms with Gasteiger partial charge in [-0.15, -0.1) is 0 Å². The molecule has 0 saturated heterocycles. The number of hydrogen-bond donors (Lipinski definition) is 0. The van der Waals surface area contributed by atoms with Gasteiger partial charge in [0.2, 0.25) is 0 Å². The van der Waals surface area contributed by atoms with Crippen molar-refractivity contribution in [3.63, 3.8) is 0 Å². The van der Waals surface area contributed by atoms with Gasteiger partial charge in [-0.25, -0.2) is 0 Å². The van der Waals surface area contributed by atoms with E-state index < -0.39 is 0 Å². The van der Waals surface area contributed by atoms with Crippen LogP contribution in [0.25, 0.3) is 76.6 Å². The van der Waals surface area contributed by atoms with Crippen LogP contribution in [-0.2, 0) is 6.42 Å². The predicted octanol–water partition coefficient (Wildman–Crippen LogP) is 19.2. The molecule has 0 aromatic heterocycles. The zero-order valence-corrected chi connectivity index (χ0v) is 39.4. The van der Waals surface area contributed by atoms with E-state index in [-0.39, 0.29) is 0 Å². The average Bonchev–Trinajstić information content (AvgIpc) is 3.41. The predicted molar refractivity (Wildman–Crippen MR) is 301 cm³/mol. The standard InChI is InChI=1S/C68H50N2/c1-45-19-29-57(30-20-45)69(59-33-27-49-13-5-9-17-53(49)41-59)61-35-37-63-65(43-61)67(55-25-23-47-11-3-7-15-51(47)39-55)64-38-36-62(44-66(64)68(63)56-26-24-48-12-4-8-16-52(48)40-56)70(58-31-21-46(2)22-32-58)60-34-28-50-14-6-10-18-54(50)42-60/h3-23,25,27-44H,24,26H2,1-2H3. The molecular formula is C68H50N2. The minimum absolute atomic E-state index is 0.946. The smallest absolute Gasteiger partial charge is 0.0468 e. The number of aryl methyl sites for hydroxylation is 3. The molecule has 1 aliphatic carbocycles. The van der Waals surface area contributed by atoms with Gasteiger partial charge < -0.3 is 9.80 Å². The van der Waals surface area contributed by atoms with E-state index >= 15 is 0 Å². The quantitative estimate of drug-likeness (QED) is 0.140. The van der Waals surface area contributed by atoms with E-state index in [1.165, 1.54) is 98.4 Å². The molecule has 0 radical (unpaired) electrons. The highest BCUT2D eigenvalue weighted by atomic mass is 15.1. The maximum absolute atomic E-state index is 2.48. The maximum atomic E-state index is 2.48. The summed E-state index contributed by atoms with van der Waals surface area (Å²) in [6.07, 6.45) is 4.41. The van der Waals surface area contributed by atoms with Gasteiger partial charge in [0.25, 0.3) is 0 Å². The highest BCUT2D eigenvalue weighted by molar-refractivity contribution is 6.21. The molecule has 1 aliphatic rings. The third-order valence-electron chi connectivity index (χ3n) is 14.6. The van der Waals surface area contributed by atoms with Crippen LogP contribution in [0.3, 0.4) is 0 Å². The van der Waals surface area contributed by atoms with Crippen molar-refractivity contribution in [2.24, 2.45) is 0 Å². The molecule has 0 heterocycles.